The number of amides is 1. The molecule has 6 nitrogen and oxygen atoms in total. The maximum Gasteiger partial charge on any atom is 0.300 e. The fourth-order valence-corrected chi connectivity index (χ4v) is 3.89. The van der Waals surface area contributed by atoms with Gasteiger partial charge in [0, 0.05) is 11.6 Å². The van der Waals surface area contributed by atoms with Crippen LogP contribution >= 0.6 is 0 Å². The number of aromatic hydroxyl groups is 1. The van der Waals surface area contributed by atoms with Crippen LogP contribution in [0.5, 0.6) is 11.5 Å². The minimum absolute atomic E-state index is 0.0684. The van der Waals surface area contributed by atoms with E-state index in [1.165, 1.54) is 36.4 Å². The number of Topliss-reactive ketones (excluding diaryl/α,β-unsaturated/α-hetero) is 1. The van der Waals surface area contributed by atoms with Crippen molar-refractivity contribution >= 4 is 23.1 Å². The van der Waals surface area contributed by atoms with Crippen LogP contribution in [0.2, 0.25) is 0 Å². The van der Waals surface area contributed by atoms with Gasteiger partial charge in [-0.1, -0.05) is 12.1 Å². The number of phenolic OH excluding ortho intramolecular Hbond substituents is 1. The van der Waals surface area contributed by atoms with Gasteiger partial charge >= 0.3 is 0 Å². The lowest BCUT2D eigenvalue weighted by Crippen LogP contribution is -2.30. The molecule has 1 amide bonds. The fourth-order valence-electron chi connectivity index (χ4n) is 3.89. The van der Waals surface area contributed by atoms with Crippen molar-refractivity contribution < 1.29 is 33.3 Å². The van der Waals surface area contributed by atoms with E-state index < -0.39 is 35.1 Å². The monoisotopic (exact) mass is 465 g/mol. The normalized spacial score (nSPS) is 17.4. The minimum Gasteiger partial charge on any atom is -0.508 e. The molecule has 1 atom stereocenters. The van der Waals surface area contributed by atoms with Gasteiger partial charge in [-0.3, -0.25) is 14.5 Å². The number of anilines is 1. The molecule has 174 valence electrons. The molecule has 1 aliphatic heterocycles. The third kappa shape index (κ3) is 4.22. The van der Waals surface area contributed by atoms with Crippen LogP contribution in [0.15, 0.2) is 72.3 Å². The van der Waals surface area contributed by atoms with Crippen molar-refractivity contribution in [1.82, 2.24) is 0 Å². The number of carbonyl (C=O) groups excluding carboxylic acids is 2. The topological polar surface area (TPSA) is 87.1 Å². The summed E-state index contributed by atoms with van der Waals surface area (Å²) >= 11 is 0. The summed E-state index contributed by atoms with van der Waals surface area (Å²) in [5.41, 5.74) is -0.142. The summed E-state index contributed by atoms with van der Waals surface area (Å²) in [6.45, 7) is 3.72. The van der Waals surface area contributed by atoms with Crippen LogP contribution in [0.1, 0.15) is 31.0 Å². The van der Waals surface area contributed by atoms with Crippen LogP contribution in [0.25, 0.3) is 5.76 Å². The number of carbonyl (C=O) groups is 2. The molecule has 8 heteroatoms. The van der Waals surface area contributed by atoms with Crippen molar-refractivity contribution in [3.05, 3.63) is 95.1 Å². The zero-order valence-corrected chi connectivity index (χ0v) is 18.3. The second-order valence-corrected chi connectivity index (χ2v) is 8.05. The van der Waals surface area contributed by atoms with Gasteiger partial charge < -0.3 is 14.9 Å². The second-order valence-electron chi connectivity index (χ2n) is 8.05. The Morgan fingerprint density at radius 2 is 1.71 bits per heavy atom. The number of ether oxygens (including phenoxy) is 1. The van der Waals surface area contributed by atoms with E-state index in [9.17, 15) is 28.6 Å². The van der Waals surface area contributed by atoms with E-state index in [4.69, 9.17) is 4.74 Å². The van der Waals surface area contributed by atoms with Crippen molar-refractivity contribution in [3.8, 4) is 11.5 Å². The number of ketones is 1. The third-order valence-electron chi connectivity index (χ3n) is 5.30. The first kappa shape index (κ1) is 23.0. The largest absolute Gasteiger partial charge is 0.508 e. The van der Waals surface area contributed by atoms with Crippen molar-refractivity contribution in [1.29, 1.82) is 0 Å². The molecular formula is C26H21F2NO5. The molecule has 0 aromatic heterocycles. The van der Waals surface area contributed by atoms with Gasteiger partial charge in [0.25, 0.3) is 11.7 Å². The van der Waals surface area contributed by atoms with Crippen LogP contribution < -0.4 is 9.64 Å². The molecular weight excluding hydrogens is 444 g/mol. The smallest absolute Gasteiger partial charge is 0.300 e. The molecule has 0 spiro atoms. The number of phenols is 1. The molecule has 0 aliphatic carbocycles. The Balaban J connectivity index is 1.89. The highest BCUT2D eigenvalue weighted by Crippen LogP contribution is 2.43. The summed E-state index contributed by atoms with van der Waals surface area (Å²) in [5.74, 6) is -4.13. The van der Waals surface area contributed by atoms with Gasteiger partial charge in [0.15, 0.2) is 0 Å². The Kier molecular flexibility index (Phi) is 6.06. The first-order chi connectivity index (χ1) is 16.2. The Morgan fingerprint density at radius 3 is 2.32 bits per heavy atom. The molecule has 34 heavy (non-hydrogen) atoms. The zero-order valence-electron chi connectivity index (χ0n) is 18.3. The molecule has 0 bridgehead atoms. The summed E-state index contributed by atoms with van der Waals surface area (Å²) in [6.07, 6.45) is -0.0684. The molecule has 1 saturated heterocycles. The average molecular weight is 465 g/mol. The number of hydrogen-bond acceptors (Lipinski definition) is 5. The van der Waals surface area contributed by atoms with Gasteiger partial charge in [-0.2, -0.15) is 0 Å². The standard InChI is InChI=1S/C26H21F2NO5/c1-14(2)34-19-9-6-15(7-10-19)24(31)22-23(16-4-3-5-18(30)12-16)29(26(33)25(22)32)21-11-8-17(27)13-20(21)28/h3-14,23,30-31H,1-2H3/b24-22+. The molecule has 0 radical (unpaired) electrons. The van der Waals surface area contributed by atoms with Gasteiger partial charge in [-0.05, 0) is 67.9 Å². The SMILES string of the molecule is CC(C)Oc1ccc(/C(O)=C2\C(=O)C(=O)N(c3ccc(F)cc3F)C2c2cccc(O)c2)cc1. The predicted molar refractivity (Wildman–Crippen MR) is 121 cm³/mol. The maximum atomic E-state index is 14.7. The lowest BCUT2D eigenvalue weighted by atomic mass is 9.95. The Bertz CT molecular complexity index is 1300. The van der Waals surface area contributed by atoms with Crippen LogP contribution in [-0.4, -0.2) is 28.0 Å². The lowest BCUT2D eigenvalue weighted by molar-refractivity contribution is -0.132. The van der Waals surface area contributed by atoms with E-state index >= 15 is 0 Å². The molecule has 3 aromatic rings. The zero-order chi connectivity index (χ0) is 24.6. The lowest BCUT2D eigenvalue weighted by Gasteiger charge is -2.26. The van der Waals surface area contributed by atoms with Gasteiger partial charge in [-0.25, -0.2) is 8.78 Å². The summed E-state index contributed by atoms with van der Waals surface area (Å²) in [6, 6.07) is 13.3. The van der Waals surface area contributed by atoms with Crippen molar-refractivity contribution in [2.75, 3.05) is 4.90 Å². The van der Waals surface area contributed by atoms with Crippen LogP contribution in [0, 0.1) is 11.6 Å². The molecule has 0 saturated carbocycles. The highest BCUT2D eigenvalue weighted by atomic mass is 19.1. The van der Waals surface area contributed by atoms with Gasteiger partial charge in [0.1, 0.15) is 28.9 Å². The van der Waals surface area contributed by atoms with Gasteiger partial charge in [0.2, 0.25) is 0 Å². The molecule has 3 aromatic carbocycles. The number of rotatable bonds is 5. The predicted octanol–water partition coefficient (Wildman–Crippen LogP) is 5.08. The number of aliphatic hydroxyl groups excluding tert-OH is 1. The first-order valence-electron chi connectivity index (χ1n) is 10.5. The van der Waals surface area contributed by atoms with Crippen molar-refractivity contribution in [2.24, 2.45) is 0 Å². The maximum absolute atomic E-state index is 14.7. The molecule has 1 fully saturated rings. The van der Waals surface area contributed by atoms with Crippen molar-refractivity contribution in [2.45, 2.75) is 26.0 Å². The highest BCUT2D eigenvalue weighted by molar-refractivity contribution is 6.51. The summed E-state index contributed by atoms with van der Waals surface area (Å²) in [4.78, 5) is 26.9. The molecule has 2 N–H and O–H groups in total. The second kappa shape index (κ2) is 8.97. The van der Waals surface area contributed by atoms with E-state index in [2.05, 4.69) is 0 Å². The molecule has 1 unspecified atom stereocenters. The number of nitrogens with zero attached hydrogens (tertiary/aromatic N) is 1. The summed E-state index contributed by atoms with van der Waals surface area (Å²) in [5, 5.41) is 21.1. The number of halogens is 2. The highest BCUT2D eigenvalue weighted by Gasteiger charge is 2.47. The number of benzene rings is 3. The third-order valence-corrected chi connectivity index (χ3v) is 5.30. The van der Waals surface area contributed by atoms with E-state index in [1.54, 1.807) is 12.1 Å². The first-order valence-corrected chi connectivity index (χ1v) is 10.5. The van der Waals surface area contributed by atoms with E-state index in [0.29, 0.717) is 11.8 Å². The van der Waals surface area contributed by atoms with E-state index in [0.717, 1.165) is 17.0 Å². The van der Waals surface area contributed by atoms with E-state index in [-0.39, 0.29) is 34.2 Å². The average Bonchev–Trinajstić information content (AvgIpc) is 3.04. The molecule has 1 heterocycles. The van der Waals surface area contributed by atoms with E-state index in [1.807, 2.05) is 13.8 Å². The molecule has 4 rings (SSSR count). The number of hydrogen-bond donors (Lipinski definition) is 2. The van der Waals surface area contributed by atoms with Gasteiger partial charge in [-0.15, -0.1) is 0 Å². The minimum atomic E-state index is -1.27. The summed E-state index contributed by atoms with van der Waals surface area (Å²) in [7, 11) is 0. The Labute approximate surface area is 194 Å². The van der Waals surface area contributed by atoms with Crippen LogP contribution in [0.3, 0.4) is 0 Å². The van der Waals surface area contributed by atoms with Crippen molar-refractivity contribution in [3.63, 3.8) is 0 Å². The Hall–Kier alpha value is -4.20. The summed E-state index contributed by atoms with van der Waals surface area (Å²) < 4.78 is 33.8. The van der Waals surface area contributed by atoms with Crippen LogP contribution in [0.4, 0.5) is 14.5 Å². The van der Waals surface area contributed by atoms with Gasteiger partial charge in [0.05, 0.1) is 23.4 Å². The quantitative estimate of drug-likeness (QED) is 0.312. The Morgan fingerprint density at radius 1 is 1.00 bits per heavy atom. The fraction of sp³-hybridized carbons (Fsp3) is 0.154. The molecule has 1 aliphatic rings. The van der Waals surface area contributed by atoms with Crippen LogP contribution in [-0.2, 0) is 9.59 Å². The number of aliphatic hydroxyl groups is 1.